The van der Waals surface area contributed by atoms with Gasteiger partial charge >= 0.3 is 0 Å². The summed E-state index contributed by atoms with van der Waals surface area (Å²) in [4.78, 5) is 2.41. The van der Waals surface area contributed by atoms with E-state index in [-0.39, 0.29) is 5.41 Å². The molecule has 0 radical (unpaired) electrons. The quantitative estimate of drug-likeness (QED) is 0.183. The van der Waals surface area contributed by atoms with Gasteiger partial charge in [-0.3, -0.25) is 0 Å². The van der Waals surface area contributed by atoms with Gasteiger partial charge in [0.05, 0.1) is 5.41 Å². The third-order valence-electron chi connectivity index (χ3n) is 12.5. The van der Waals surface area contributed by atoms with E-state index in [4.69, 9.17) is 8.83 Å². The average molecular weight is 706 g/mol. The van der Waals surface area contributed by atoms with Gasteiger partial charge in [0.2, 0.25) is 0 Å². The van der Waals surface area contributed by atoms with Crippen LogP contribution in [-0.2, 0) is 10.8 Å². The molecule has 2 heterocycles. The zero-order valence-corrected chi connectivity index (χ0v) is 30.5. The maximum Gasteiger partial charge on any atom is 0.135 e. The van der Waals surface area contributed by atoms with Crippen LogP contribution in [0.25, 0.3) is 55.0 Å². The second kappa shape index (κ2) is 10.9. The number of rotatable bonds is 3. The Morgan fingerprint density at radius 3 is 1.35 bits per heavy atom. The van der Waals surface area contributed by atoms with Crippen LogP contribution in [-0.4, -0.2) is 0 Å². The first-order valence-corrected chi connectivity index (χ1v) is 19.1. The van der Waals surface area contributed by atoms with Crippen LogP contribution < -0.4 is 4.90 Å². The minimum Gasteiger partial charge on any atom is -0.456 e. The van der Waals surface area contributed by atoms with Gasteiger partial charge < -0.3 is 13.7 Å². The topological polar surface area (TPSA) is 29.5 Å². The van der Waals surface area contributed by atoms with E-state index < -0.39 is 5.41 Å². The monoisotopic (exact) mass is 705 g/mol. The van der Waals surface area contributed by atoms with Crippen molar-refractivity contribution in [1.29, 1.82) is 0 Å². The number of hydrogen-bond acceptors (Lipinski definition) is 3. The number of furan rings is 2. The summed E-state index contributed by atoms with van der Waals surface area (Å²) >= 11 is 0. The van der Waals surface area contributed by atoms with Crippen molar-refractivity contribution in [3.63, 3.8) is 0 Å². The van der Waals surface area contributed by atoms with Crippen LogP contribution >= 0.6 is 0 Å². The molecule has 260 valence electrons. The van der Waals surface area contributed by atoms with Crippen LogP contribution in [0.4, 0.5) is 17.1 Å². The fourth-order valence-electron chi connectivity index (χ4n) is 10.1. The van der Waals surface area contributed by atoms with Crippen molar-refractivity contribution in [3.05, 3.63) is 209 Å². The summed E-state index contributed by atoms with van der Waals surface area (Å²) in [6, 6.07) is 64.2. The lowest BCUT2D eigenvalue weighted by molar-refractivity contribution is 0.563. The number of fused-ring (bicyclic) bond motifs is 15. The Hall–Kier alpha value is -6.84. The first-order chi connectivity index (χ1) is 27.0. The van der Waals surface area contributed by atoms with Crippen molar-refractivity contribution in [2.75, 3.05) is 4.90 Å². The van der Waals surface area contributed by atoms with Gasteiger partial charge in [-0.1, -0.05) is 129 Å². The molecule has 0 unspecified atom stereocenters. The molecule has 0 fully saturated rings. The van der Waals surface area contributed by atoms with Crippen molar-refractivity contribution in [2.45, 2.75) is 24.7 Å². The molecule has 8 aromatic carbocycles. The molecule has 0 atom stereocenters. The van der Waals surface area contributed by atoms with Crippen LogP contribution in [0, 0.1) is 0 Å². The highest BCUT2D eigenvalue weighted by Crippen LogP contribution is 2.62. The highest BCUT2D eigenvalue weighted by molar-refractivity contribution is 6.08. The van der Waals surface area contributed by atoms with E-state index in [1.165, 1.54) is 44.5 Å². The summed E-state index contributed by atoms with van der Waals surface area (Å²) < 4.78 is 12.6. The van der Waals surface area contributed by atoms with Crippen LogP contribution in [0.15, 0.2) is 185 Å². The molecule has 2 aliphatic rings. The lowest BCUT2D eigenvalue weighted by atomic mass is 9.55. The molecule has 3 nitrogen and oxygen atoms in total. The predicted octanol–water partition coefficient (Wildman–Crippen LogP) is 14.0. The maximum atomic E-state index is 6.32. The number of anilines is 3. The first kappa shape index (κ1) is 30.6. The minimum absolute atomic E-state index is 0.161. The van der Waals surface area contributed by atoms with Gasteiger partial charge in [-0.2, -0.15) is 0 Å². The molecular weight excluding hydrogens is 671 g/mol. The molecule has 0 saturated heterocycles. The molecule has 3 heteroatoms. The highest BCUT2D eigenvalue weighted by Gasteiger charge is 2.53. The summed E-state index contributed by atoms with van der Waals surface area (Å²) in [5.74, 6) is 0. The summed E-state index contributed by atoms with van der Waals surface area (Å²) in [6.45, 7) is 4.76. The van der Waals surface area contributed by atoms with Crippen LogP contribution in [0.2, 0.25) is 0 Å². The Bertz CT molecular complexity index is 3050. The molecule has 10 aromatic rings. The van der Waals surface area contributed by atoms with E-state index in [1.54, 1.807) is 0 Å². The van der Waals surface area contributed by atoms with Crippen molar-refractivity contribution < 1.29 is 8.83 Å². The zero-order chi connectivity index (χ0) is 36.5. The number of hydrogen-bond donors (Lipinski definition) is 0. The zero-order valence-electron chi connectivity index (χ0n) is 30.5. The molecule has 2 aromatic heterocycles. The Balaban J connectivity index is 1.16. The van der Waals surface area contributed by atoms with Crippen LogP contribution in [0.5, 0.6) is 0 Å². The second-order valence-electron chi connectivity index (χ2n) is 15.6. The van der Waals surface area contributed by atoms with Gasteiger partial charge in [0, 0.05) is 44.0 Å². The largest absolute Gasteiger partial charge is 0.456 e. The lowest BCUT2D eigenvalue weighted by Crippen LogP contribution is -2.40. The second-order valence-corrected chi connectivity index (χ2v) is 15.6. The first-order valence-electron chi connectivity index (χ1n) is 19.1. The molecule has 0 bridgehead atoms. The van der Waals surface area contributed by atoms with Crippen LogP contribution in [0.3, 0.4) is 0 Å². The summed E-state index contributed by atoms with van der Waals surface area (Å²) in [5.41, 5.74) is 16.7. The molecule has 0 N–H and O–H groups in total. The van der Waals surface area contributed by atoms with E-state index in [0.717, 1.165) is 60.9 Å². The molecule has 0 amide bonds. The van der Waals surface area contributed by atoms with Crippen molar-refractivity contribution in [1.82, 2.24) is 0 Å². The van der Waals surface area contributed by atoms with E-state index in [9.17, 15) is 0 Å². The van der Waals surface area contributed by atoms with Gasteiger partial charge in [0.15, 0.2) is 0 Å². The Morgan fingerprint density at radius 1 is 0.345 bits per heavy atom. The molecular formula is C52H35NO2. The molecule has 2 aliphatic carbocycles. The Morgan fingerprint density at radius 2 is 0.764 bits per heavy atom. The molecule has 1 spiro atoms. The number of nitrogens with zero attached hydrogens (tertiary/aromatic N) is 1. The van der Waals surface area contributed by atoms with E-state index in [1.807, 2.05) is 24.3 Å². The van der Waals surface area contributed by atoms with Crippen LogP contribution in [0.1, 0.15) is 47.2 Å². The third-order valence-corrected chi connectivity index (χ3v) is 12.5. The van der Waals surface area contributed by atoms with E-state index >= 15 is 0 Å². The van der Waals surface area contributed by atoms with Gasteiger partial charge in [0.1, 0.15) is 22.3 Å². The fourth-order valence-corrected chi connectivity index (χ4v) is 10.1. The van der Waals surface area contributed by atoms with Crippen molar-refractivity contribution >= 4 is 60.9 Å². The summed E-state index contributed by atoms with van der Waals surface area (Å²) in [6.07, 6.45) is 0. The standard InChI is InChI=1S/C52H35NO2/c1-51(2)42-17-7-9-19-44(42)52(45-20-10-8-18-43(45)51)41-16-6-3-13-35(41)36-26-23-34(31-46(36)52)53(32-24-27-49-39(29-32)37-14-4-11-21-47(37)54-49)33-25-28-50-40(30-33)38-15-5-12-22-48(38)55-50/h3-31H,1-2H3. The molecule has 12 rings (SSSR count). The van der Waals surface area contributed by atoms with Gasteiger partial charge in [-0.15, -0.1) is 0 Å². The SMILES string of the molecule is CC1(C)c2ccccc2C2(c3ccccc3-c3ccc(N(c4ccc5oc6ccccc6c5c4)c4ccc5oc6ccccc6c5c4)cc32)c2ccccc21. The fraction of sp³-hybridized carbons (Fsp3) is 0.0769. The third kappa shape index (κ3) is 4.00. The van der Waals surface area contributed by atoms with E-state index in [0.29, 0.717) is 0 Å². The van der Waals surface area contributed by atoms with Crippen molar-refractivity contribution in [3.8, 4) is 11.1 Å². The normalized spacial score (nSPS) is 14.7. The summed E-state index contributed by atoms with van der Waals surface area (Å²) in [7, 11) is 0. The highest BCUT2D eigenvalue weighted by atomic mass is 16.3. The Labute approximate surface area is 318 Å². The summed E-state index contributed by atoms with van der Waals surface area (Å²) in [5, 5.41) is 4.40. The molecule has 0 saturated carbocycles. The lowest BCUT2D eigenvalue weighted by Gasteiger charge is -2.46. The smallest absolute Gasteiger partial charge is 0.135 e. The van der Waals surface area contributed by atoms with Crippen molar-refractivity contribution in [2.24, 2.45) is 0 Å². The van der Waals surface area contributed by atoms with Gasteiger partial charge in [-0.25, -0.2) is 0 Å². The van der Waals surface area contributed by atoms with Gasteiger partial charge in [-0.05, 0) is 105 Å². The molecule has 55 heavy (non-hydrogen) atoms. The number of para-hydroxylation sites is 2. The maximum absolute atomic E-state index is 6.32. The minimum atomic E-state index is -0.494. The predicted molar refractivity (Wildman–Crippen MR) is 225 cm³/mol. The van der Waals surface area contributed by atoms with Gasteiger partial charge in [0.25, 0.3) is 0 Å². The average Bonchev–Trinajstić information content (AvgIpc) is 3.88. The number of benzene rings is 8. The Kier molecular flexibility index (Phi) is 6.05. The van der Waals surface area contributed by atoms with E-state index in [2.05, 4.69) is 170 Å². The molecule has 0 aliphatic heterocycles.